The van der Waals surface area contributed by atoms with E-state index in [1.165, 1.54) is 0 Å². The molecule has 0 heterocycles. The summed E-state index contributed by atoms with van der Waals surface area (Å²) in [6, 6.07) is 19.7. The van der Waals surface area contributed by atoms with Crippen LogP contribution in [0, 0.1) is 18.7 Å². The second kappa shape index (κ2) is 11.6. The number of halogens is 1. The number of anilines is 1. The molecule has 0 amide bonds. The number of ether oxygens (including phenoxy) is 2. The lowest BCUT2D eigenvalue weighted by Gasteiger charge is -2.33. The Morgan fingerprint density at radius 1 is 0.917 bits per heavy atom. The van der Waals surface area contributed by atoms with Crippen molar-refractivity contribution in [2.45, 2.75) is 58.5 Å². The highest BCUT2D eigenvalue weighted by molar-refractivity contribution is 5.80. The highest BCUT2D eigenvalue weighted by Gasteiger charge is 2.32. The molecule has 4 rings (SSSR count). The first kappa shape index (κ1) is 25.7. The van der Waals surface area contributed by atoms with Crippen LogP contribution in [-0.4, -0.2) is 20.0 Å². The summed E-state index contributed by atoms with van der Waals surface area (Å²) >= 11 is 0. The largest absolute Gasteiger partial charge is 0.497 e. The van der Waals surface area contributed by atoms with Crippen LogP contribution in [0.25, 0.3) is 0 Å². The Balaban J connectivity index is 1.74. The molecular formula is C31H36FNO3. The Kier molecular flexibility index (Phi) is 8.29. The number of nitrogens with zero attached hydrogens (tertiary/aromatic N) is 1. The van der Waals surface area contributed by atoms with Crippen molar-refractivity contribution in [1.29, 1.82) is 0 Å². The Labute approximate surface area is 214 Å². The topological polar surface area (TPSA) is 38.8 Å². The van der Waals surface area contributed by atoms with E-state index in [0.717, 1.165) is 41.0 Å². The van der Waals surface area contributed by atoms with Crippen molar-refractivity contribution in [1.82, 2.24) is 0 Å². The van der Waals surface area contributed by atoms with Gasteiger partial charge >= 0.3 is 0 Å². The standard InChI is InChI=1S/C31H36FNO3/c1-5-24-10-11-25(34)18-28(24)29-16-21(2)17-30(31(29)32)33(19-22-6-12-26(35-3)13-7-22)20-23-8-14-27(36-4)15-9-23/h6-9,12-17,24,28H,5,10-11,18-20H2,1-4H3. The van der Waals surface area contributed by atoms with Crippen LogP contribution in [0.3, 0.4) is 0 Å². The van der Waals surface area contributed by atoms with Gasteiger partial charge < -0.3 is 14.4 Å². The molecule has 4 nitrogen and oxygen atoms in total. The Morgan fingerprint density at radius 3 is 1.97 bits per heavy atom. The maximum Gasteiger partial charge on any atom is 0.150 e. The zero-order valence-electron chi connectivity index (χ0n) is 21.7. The van der Waals surface area contributed by atoms with Gasteiger partial charge in [0.05, 0.1) is 19.9 Å². The Morgan fingerprint density at radius 2 is 1.47 bits per heavy atom. The molecule has 0 aliphatic heterocycles. The molecule has 0 spiro atoms. The summed E-state index contributed by atoms with van der Waals surface area (Å²) in [6.07, 6.45) is 2.82. The summed E-state index contributed by atoms with van der Waals surface area (Å²) in [5, 5.41) is 0. The number of hydrogen-bond donors (Lipinski definition) is 0. The predicted molar refractivity (Wildman–Crippen MR) is 142 cm³/mol. The zero-order chi connectivity index (χ0) is 25.7. The molecule has 0 bridgehead atoms. The molecule has 36 heavy (non-hydrogen) atoms. The number of benzene rings is 3. The van der Waals surface area contributed by atoms with Crippen LogP contribution in [-0.2, 0) is 17.9 Å². The van der Waals surface area contributed by atoms with Gasteiger partial charge in [-0.05, 0) is 77.8 Å². The molecule has 1 aliphatic carbocycles. The summed E-state index contributed by atoms with van der Waals surface area (Å²) in [4.78, 5) is 14.4. The minimum absolute atomic E-state index is 0.0706. The van der Waals surface area contributed by atoms with E-state index in [1.807, 2.05) is 67.6 Å². The quantitative estimate of drug-likeness (QED) is 0.318. The van der Waals surface area contributed by atoms with Crippen LogP contribution >= 0.6 is 0 Å². The van der Waals surface area contributed by atoms with Gasteiger partial charge in [0.25, 0.3) is 0 Å². The van der Waals surface area contributed by atoms with Crippen molar-refractivity contribution in [3.63, 3.8) is 0 Å². The smallest absolute Gasteiger partial charge is 0.150 e. The number of Topliss-reactive ketones (excluding diaryl/α,β-unsaturated/α-hetero) is 1. The summed E-state index contributed by atoms with van der Waals surface area (Å²) < 4.78 is 27.0. The summed E-state index contributed by atoms with van der Waals surface area (Å²) in [5.74, 6) is 1.86. The van der Waals surface area contributed by atoms with Gasteiger partial charge in [-0.25, -0.2) is 4.39 Å². The minimum Gasteiger partial charge on any atom is -0.497 e. The van der Waals surface area contributed by atoms with Gasteiger partial charge in [0.15, 0.2) is 0 Å². The van der Waals surface area contributed by atoms with E-state index in [9.17, 15) is 4.79 Å². The molecule has 0 radical (unpaired) electrons. The molecule has 3 aromatic rings. The summed E-state index contributed by atoms with van der Waals surface area (Å²) in [7, 11) is 3.29. The maximum absolute atomic E-state index is 16.4. The first-order valence-corrected chi connectivity index (χ1v) is 12.7. The lowest BCUT2D eigenvalue weighted by molar-refractivity contribution is -0.121. The molecule has 1 saturated carbocycles. The van der Waals surface area contributed by atoms with Crippen molar-refractivity contribution in [2.75, 3.05) is 19.1 Å². The third-order valence-electron chi connectivity index (χ3n) is 7.37. The Bertz CT molecular complexity index is 1120. The second-order valence-corrected chi connectivity index (χ2v) is 9.80. The molecule has 0 aromatic heterocycles. The predicted octanol–water partition coefficient (Wildman–Crippen LogP) is 7.22. The fourth-order valence-corrected chi connectivity index (χ4v) is 5.32. The van der Waals surface area contributed by atoms with E-state index < -0.39 is 0 Å². The van der Waals surface area contributed by atoms with Gasteiger partial charge in [0, 0.05) is 25.9 Å². The zero-order valence-corrected chi connectivity index (χ0v) is 21.7. The van der Waals surface area contributed by atoms with Gasteiger partial charge in [-0.3, -0.25) is 4.79 Å². The van der Waals surface area contributed by atoms with E-state index in [0.29, 0.717) is 43.1 Å². The lowest BCUT2D eigenvalue weighted by atomic mass is 9.73. The molecule has 1 aliphatic rings. The van der Waals surface area contributed by atoms with Crippen molar-refractivity contribution in [3.8, 4) is 11.5 Å². The van der Waals surface area contributed by atoms with Gasteiger partial charge in [-0.2, -0.15) is 0 Å². The number of hydrogen-bond acceptors (Lipinski definition) is 4. The molecule has 1 fully saturated rings. The van der Waals surface area contributed by atoms with Crippen LogP contribution in [0.2, 0.25) is 0 Å². The van der Waals surface area contributed by atoms with Crippen molar-refractivity contribution < 1.29 is 18.7 Å². The normalized spacial score (nSPS) is 17.6. The summed E-state index contributed by atoms with van der Waals surface area (Å²) in [6.45, 7) is 5.23. The van der Waals surface area contributed by atoms with Crippen LogP contribution in [0.5, 0.6) is 11.5 Å². The summed E-state index contributed by atoms with van der Waals surface area (Å²) in [5.41, 5.74) is 4.38. The van der Waals surface area contributed by atoms with Crippen molar-refractivity contribution in [3.05, 3.63) is 88.7 Å². The van der Waals surface area contributed by atoms with E-state index in [1.54, 1.807) is 14.2 Å². The van der Waals surface area contributed by atoms with E-state index in [-0.39, 0.29) is 17.5 Å². The number of carbonyl (C=O) groups is 1. The fourth-order valence-electron chi connectivity index (χ4n) is 5.32. The molecule has 0 saturated heterocycles. The third kappa shape index (κ3) is 5.89. The molecule has 2 atom stereocenters. The van der Waals surface area contributed by atoms with Gasteiger partial charge in [0.1, 0.15) is 23.1 Å². The molecule has 2 unspecified atom stereocenters. The highest BCUT2D eigenvalue weighted by atomic mass is 19.1. The number of rotatable bonds is 9. The van der Waals surface area contributed by atoms with Crippen LogP contribution in [0.1, 0.15) is 60.8 Å². The van der Waals surface area contributed by atoms with Crippen LogP contribution < -0.4 is 14.4 Å². The third-order valence-corrected chi connectivity index (χ3v) is 7.37. The van der Waals surface area contributed by atoms with Gasteiger partial charge in [-0.1, -0.05) is 43.7 Å². The van der Waals surface area contributed by atoms with E-state index >= 15 is 4.39 Å². The van der Waals surface area contributed by atoms with E-state index in [4.69, 9.17) is 9.47 Å². The average molecular weight is 490 g/mol. The Hall–Kier alpha value is -3.34. The van der Waals surface area contributed by atoms with Crippen molar-refractivity contribution >= 4 is 11.5 Å². The monoisotopic (exact) mass is 489 g/mol. The minimum atomic E-state index is -0.208. The number of ketones is 1. The highest BCUT2D eigenvalue weighted by Crippen LogP contribution is 2.42. The number of methoxy groups -OCH3 is 2. The van der Waals surface area contributed by atoms with Crippen molar-refractivity contribution in [2.24, 2.45) is 5.92 Å². The van der Waals surface area contributed by atoms with Crippen LogP contribution in [0.4, 0.5) is 10.1 Å². The average Bonchev–Trinajstić information content (AvgIpc) is 2.90. The fraction of sp³-hybridized carbons (Fsp3) is 0.387. The molecule has 5 heteroatoms. The molecule has 190 valence electrons. The van der Waals surface area contributed by atoms with Gasteiger partial charge in [-0.15, -0.1) is 0 Å². The first-order valence-electron chi connectivity index (χ1n) is 12.7. The second-order valence-electron chi connectivity index (χ2n) is 9.80. The van der Waals surface area contributed by atoms with Crippen LogP contribution in [0.15, 0.2) is 60.7 Å². The van der Waals surface area contributed by atoms with Gasteiger partial charge in [0.2, 0.25) is 0 Å². The number of aryl methyl sites for hydroxylation is 1. The van der Waals surface area contributed by atoms with E-state index in [2.05, 4.69) is 11.8 Å². The molecular weight excluding hydrogens is 453 g/mol. The molecule has 0 N–H and O–H groups in total. The number of carbonyl (C=O) groups excluding carboxylic acids is 1. The lowest BCUT2D eigenvalue weighted by Crippen LogP contribution is -2.27. The molecule has 3 aromatic carbocycles. The maximum atomic E-state index is 16.4. The first-order chi connectivity index (χ1) is 17.4. The SMILES string of the molecule is CCC1CCC(=O)CC1c1cc(C)cc(N(Cc2ccc(OC)cc2)Cc2ccc(OC)cc2)c1F.